The summed E-state index contributed by atoms with van der Waals surface area (Å²) in [5, 5.41) is 6.89. The first-order valence-corrected chi connectivity index (χ1v) is 11.4. The largest absolute Gasteiger partial charge is 0.496 e. The Morgan fingerprint density at radius 3 is 2.61 bits per heavy atom. The molecule has 1 heterocycles. The molecule has 5 nitrogen and oxygen atoms in total. The topological polar surface area (TPSA) is 63.2 Å². The van der Waals surface area contributed by atoms with E-state index in [1.807, 2.05) is 30.3 Å². The van der Waals surface area contributed by atoms with Crippen molar-refractivity contribution in [2.75, 3.05) is 12.4 Å². The van der Waals surface area contributed by atoms with Gasteiger partial charge in [-0.2, -0.15) is 0 Å². The summed E-state index contributed by atoms with van der Waals surface area (Å²) in [6, 6.07) is 19.2. The van der Waals surface area contributed by atoms with Gasteiger partial charge in [0.2, 0.25) is 0 Å². The Kier molecular flexibility index (Phi) is 6.31. The zero-order valence-electron chi connectivity index (χ0n) is 16.7. The molecule has 0 radical (unpaired) electrons. The molecule has 0 saturated carbocycles. The van der Waals surface area contributed by atoms with Gasteiger partial charge in [-0.05, 0) is 79.3 Å². The van der Waals surface area contributed by atoms with E-state index in [2.05, 4.69) is 45.6 Å². The number of fused-ring (bicyclic) bond motifs is 1. The second kappa shape index (κ2) is 9.13. The predicted octanol–water partition coefficient (Wildman–Crippen LogP) is 6.17. The smallest absolute Gasteiger partial charge is 0.261 e. The Morgan fingerprint density at radius 2 is 1.87 bits per heavy atom. The van der Waals surface area contributed by atoms with Gasteiger partial charge in [0.15, 0.2) is 5.11 Å². The summed E-state index contributed by atoms with van der Waals surface area (Å²) in [6.07, 6.45) is 0. The Bertz CT molecular complexity index is 1290. The summed E-state index contributed by atoms with van der Waals surface area (Å²) in [6.45, 7) is 2.08. The van der Waals surface area contributed by atoms with Gasteiger partial charge < -0.3 is 10.1 Å². The van der Waals surface area contributed by atoms with Crippen molar-refractivity contribution in [3.05, 3.63) is 76.3 Å². The Labute approximate surface area is 197 Å². The highest BCUT2D eigenvalue weighted by Gasteiger charge is 2.14. The highest BCUT2D eigenvalue weighted by Crippen LogP contribution is 2.31. The van der Waals surface area contributed by atoms with Gasteiger partial charge in [-0.3, -0.25) is 10.1 Å². The van der Waals surface area contributed by atoms with E-state index in [0.29, 0.717) is 11.3 Å². The molecular formula is C23H18BrN3O2S2. The number of nitrogens with one attached hydrogen (secondary N) is 2. The van der Waals surface area contributed by atoms with Gasteiger partial charge in [0, 0.05) is 15.7 Å². The standard InChI is InChI=1S/C23H18BrN3O2S2/c1-13-3-9-18-20(11-13)31-22(26-18)14-4-7-16(8-5-14)25-23(30)27-21(28)17-12-15(24)6-10-19(17)29-2/h3-12H,1-2H3,(H2,25,27,28,30). The van der Waals surface area contributed by atoms with Crippen molar-refractivity contribution in [1.82, 2.24) is 10.3 Å². The number of hydrogen-bond donors (Lipinski definition) is 2. The zero-order valence-corrected chi connectivity index (χ0v) is 20.0. The average Bonchev–Trinajstić information content (AvgIpc) is 3.17. The Balaban J connectivity index is 1.44. The average molecular weight is 512 g/mol. The van der Waals surface area contributed by atoms with Crippen molar-refractivity contribution in [2.24, 2.45) is 0 Å². The van der Waals surface area contributed by atoms with Crippen LogP contribution in [0.4, 0.5) is 5.69 Å². The fraction of sp³-hybridized carbons (Fsp3) is 0.0870. The third kappa shape index (κ3) is 4.92. The maximum Gasteiger partial charge on any atom is 0.261 e. The Morgan fingerprint density at radius 1 is 1.10 bits per heavy atom. The van der Waals surface area contributed by atoms with Crippen molar-refractivity contribution >= 4 is 66.4 Å². The molecule has 31 heavy (non-hydrogen) atoms. The number of aromatic nitrogens is 1. The van der Waals surface area contributed by atoms with Gasteiger partial charge in [0.05, 0.1) is 22.9 Å². The number of rotatable bonds is 4. The zero-order chi connectivity index (χ0) is 22.0. The number of thiazole rings is 1. The number of anilines is 1. The number of ether oxygens (including phenoxy) is 1. The van der Waals surface area contributed by atoms with Crippen LogP contribution in [0.5, 0.6) is 5.75 Å². The van der Waals surface area contributed by atoms with Gasteiger partial charge in [-0.25, -0.2) is 4.98 Å². The van der Waals surface area contributed by atoms with Crippen molar-refractivity contribution in [3.8, 4) is 16.3 Å². The van der Waals surface area contributed by atoms with E-state index in [-0.39, 0.29) is 11.0 Å². The molecule has 0 saturated heterocycles. The lowest BCUT2D eigenvalue weighted by molar-refractivity contribution is 0.0974. The van der Waals surface area contributed by atoms with Gasteiger partial charge in [-0.1, -0.05) is 22.0 Å². The number of carbonyl (C=O) groups is 1. The van der Waals surface area contributed by atoms with Gasteiger partial charge >= 0.3 is 0 Å². The highest BCUT2D eigenvalue weighted by atomic mass is 79.9. The van der Waals surface area contributed by atoms with Crippen LogP contribution in [0.15, 0.2) is 65.1 Å². The molecule has 0 unspecified atom stereocenters. The second-order valence-electron chi connectivity index (χ2n) is 6.82. The second-order valence-corrected chi connectivity index (χ2v) is 9.17. The lowest BCUT2D eigenvalue weighted by Crippen LogP contribution is -2.34. The minimum atomic E-state index is -0.350. The van der Waals surface area contributed by atoms with Crippen LogP contribution >= 0.6 is 39.5 Å². The van der Waals surface area contributed by atoms with Crippen molar-refractivity contribution in [3.63, 3.8) is 0 Å². The molecule has 1 amide bonds. The van der Waals surface area contributed by atoms with Crippen LogP contribution in [0, 0.1) is 6.92 Å². The quantitative estimate of drug-likeness (QED) is 0.320. The summed E-state index contributed by atoms with van der Waals surface area (Å²) < 4.78 is 7.20. The van der Waals surface area contributed by atoms with Crippen molar-refractivity contribution in [1.29, 1.82) is 0 Å². The summed E-state index contributed by atoms with van der Waals surface area (Å²) in [4.78, 5) is 17.3. The van der Waals surface area contributed by atoms with E-state index in [4.69, 9.17) is 21.9 Å². The molecule has 0 aliphatic rings. The minimum absolute atomic E-state index is 0.204. The maximum absolute atomic E-state index is 12.6. The molecule has 8 heteroatoms. The lowest BCUT2D eigenvalue weighted by atomic mass is 10.2. The van der Waals surface area contributed by atoms with E-state index < -0.39 is 0 Å². The van der Waals surface area contributed by atoms with E-state index in [9.17, 15) is 4.79 Å². The van der Waals surface area contributed by atoms with Crippen LogP contribution in [-0.4, -0.2) is 23.1 Å². The summed E-state index contributed by atoms with van der Waals surface area (Å²) >= 11 is 10.3. The van der Waals surface area contributed by atoms with Crippen molar-refractivity contribution < 1.29 is 9.53 Å². The normalized spacial score (nSPS) is 10.7. The van der Waals surface area contributed by atoms with Gasteiger partial charge in [0.25, 0.3) is 5.91 Å². The SMILES string of the molecule is COc1ccc(Br)cc1C(=O)NC(=S)Nc1ccc(-c2nc3ccc(C)cc3s2)cc1. The number of methoxy groups -OCH3 is 1. The van der Waals surface area contributed by atoms with Crippen LogP contribution < -0.4 is 15.4 Å². The summed E-state index contributed by atoms with van der Waals surface area (Å²) in [7, 11) is 1.52. The van der Waals surface area contributed by atoms with Crippen LogP contribution in [0.1, 0.15) is 15.9 Å². The van der Waals surface area contributed by atoms with E-state index in [0.717, 1.165) is 26.2 Å². The molecule has 0 aliphatic heterocycles. The number of nitrogens with zero attached hydrogens (tertiary/aromatic N) is 1. The summed E-state index contributed by atoms with van der Waals surface area (Å²) in [5.74, 6) is 0.121. The molecule has 2 N–H and O–H groups in total. The van der Waals surface area contributed by atoms with E-state index in [1.165, 1.54) is 17.4 Å². The number of aryl methyl sites for hydroxylation is 1. The molecule has 0 bridgehead atoms. The van der Waals surface area contributed by atoms with Crippen LogP contribution in [0.3, 0.4) is 0 Å². The van der Waals surface area contributed by atoms with Crippen molar-refractivity contribution in [2.45, 2.75) is 6.92 Å². The molecule has 4 rings (SSSR count). The first-order valence-electron chi connectivity index (χ1n) is 9.36. The minimum Gasteiger partial charge on any atom is -0.496 e. The molecule has 3 aromatic carbocycles. The number of halogens is 1. The van der Waals surface area contributed by atoms with E-state index in [1.54, 1.807) is 29.5 Å². The monoisotopic (exact) mass is 511 g/mol. The lowest BCUT2D eigenvalue weighted by Gasteiger charge is -2.12. The maximum atomic E-state index is 12.6. The molecule has 1 aromatic heterocycles. The molecule has 156 valence electrons. The highest BCUT2D eigenvalue weighted by molar-refractivity contribution is 9.10. The summed E-state index contributed by atoms with van der Waals surface area (Å²) in [5.41, 5.74) is 4.41. The molecule has 0 spiro atoms. The molecule has 0 aliphatic carbocycles. The molecular weight excluding hydrogens is 494 g/mol. The third-order valence-electron chi connectivity index (χ3n) is 4.57. The molecule has 4 aromatic rings. The fourth-order valence-electron chi connectivity index (χ4n) is 3.04. The number of amides is 1. The number of benzene rings is 3. The Hall–Kier alpha value is -2.81. The number of thiocarbonyl (C=S) groups is 1. The molecule has 0 atom stereocenters. The van der Waals surface area contributed by atoms with Crippen LogP contribution in [-0.2, 0) is 0 Å². The van der Waals surface area contributed by atoms with E-state index >= 15 is 0 Å². The van der Waals surface area contributed by atoms with Gasteiger partial charge in [0.1, 0.15) is 10.8 Å². The number of carbonyl (C=O) groups excluding carboxylic acids is 1. The molecule has 0 fully saturated rings. The van der Waals surface area contributed by atoms with Gasteiger partial charge in [-0.15, -0.1) is 11.3 Å². The number of hydrogen-bond acceptors (Lipinski definition) is 5. The first-order chi connectivity index (χ1) is 14.9. The third-order valence-corrected chi connectivity index (χ3v) is 6.33. The predicted molar refractivity (Wildman–Crippen MR) is 134 cm³/mol. The first kappa shape index (κ1) is 21.4. The fourth-order valence-corrected chi connectivity index (χ4v) is 4.68. The van der Waals surface area contributed by atoms with Crippen LogP contribution in [0.2, 0.25) is 0 Å². The van der Waals surface area contributed by atoms with Crippen LogP contribution in [0.25, 0.3) is 20.8 Å².